The molecule has 4 rings (SSSR count). The van der Waals surface area contributed by atoms with Crippen LogP contribution in [0.15, 0.2) is 88.7 Å². The average molecular weight is 535 g/mol. The van der Waals surface area contributed by atoms with Gasteiger partial charge < -0.3 is 19.2 Å². The molecular formula is C29H30N2O6S. The Balaban J connectivity index is 1.56. The zero-order valence-corrected chi connectivity index (χ0v) is 22.3. The van der Waals surface area contributed by atoms with Gasteiger partial charge in [-0.25, -0.2) is 13.4 Å². The van der Waals surface area contributed by atoms with Gasteiger partial charge in [0.15, 0.2) is 9.84 Å². The number of nitrogens with zero attached hydrogens (tertiary/aromatic N) is 1. The van der Waals surface area contributed by atoms with Crippen LogP contribution in [0.3, 0.4) is 0 Å². The van der Waals surface area contributed by atoms with Crippen molar-refractivity contribution in [1.29, 1.82) is 0 Å². The first-order valence-electron chi connectivity index (χ1n) is 12.2. The molecule has 0 saturated carbocycles. The van der Waals surface area contributed by atoms with Crippen LogP contribution in [-0.4, -0.2) is 37.4 Å². The molecule has 38 heavy (non-hydrogen) atoms. The summed E-state index contributed by atoms with van der Waals surface area (Å²) in [5.74, 6) is 1.76. The first-order valence-corrected chi connectivity index (χ1v) is 14.1. The molecule has 0 saturated heterocycles. The van der Waals surface area contributed by atoms with E-state index < -0.39 is 9.84 Å². The summed E-state index contributed by atoms with van der Waals surface area (Å²) < 4.78 is 41.5. The van der Waals surface area contributed by atoms with Crippen LogP contribution in [0.5, 0.6) is 17.2 Å². The molecule has 0 aliphatic heterocycles. The first-order chi connectivity index (χ1) is 18.2. The summed E-state index contributed by atoms with van der Waals surface area (Å²) in [5.41, 5.74) is 2.06. The van der Waals surface area contributed by atoms with Crippen molar-refractivity contribution in [3.63, 3.8) is 0 Å². The van der Waals surface area contributed by atoms with Crippen molar-refractivity contribution in [2.75, 3.05) is 12.9 Å². The number of hydrogen-bond donors (Lipinski definition) is 1. The second-order valence-electron chi connectivity index (χ2n) is 8.91. The Labute approximate surface area is 222 Å². The van der Waals surface area contributed by atoms with Crippen LogP contribution in [-0.2, 0) is 27.6 Å². The number of nitrogens with one attached hydrogen (secondary N) is 1. The molecule has 1 aromatic heterocycles. The summed E-state index contributed by atoms with van der Waals surface area (Å²) >= 11 is 0. The SMILES string of the molecule is CCc1cnc(-c2cc(Oc3ccc(S(C)(=O)=O)cc3)cc(O[C@@H](C)COCc3ccccc3)c2)[nH]c1=O. The monoisotopic (exact) mass is 534 g/mol. The van der Waals surface area contributed by atoms with Crippen molar-refractivity contribution in [2.45, 2.75) is 37.9 Å². The van der Waals surface area contributed by atoms with E-state index in [2.05, 4.69) is 9.97 Å². The van der Waals surface area contributed by atoms with Gasteiger partial charge in [0.25, 0.3) is 5.56 Å². The number of benzene rings is 3. The number of hydrogen-bond acceptors (Lipinski definition) is 7. The molecule has 1 atom stereocenters. The smallest absolute Gasteiger partial charge is 0.254 e. The first kappa shape index (κ1) is 27.1. The van der Waals surface area contributed by atoms with Gasteiger partial charge in [0, 0.05) is 29.6 Å². The molecule has 0 aliphatic carbocycles. The Morgan fingerprint density at radius 3 is 2.32 bits per heavy atom. The van der Waals surface area contributed by atoms with Crippen molar-refractivity contribution in [3.05, 3.63) is 100 Å². The summed E-state index contributed by atoms with van der Waals surface area (Å²) in [4.78, 5) is 19.8. The molecule has 0 fully saturated rings. The van der Waals surface area contributed by atoms with Gasteiger partial charge in [-0.1, -0.05) is 37.3 Å². The molecule has 4 aromatic rings. The van der Waals surface area contributed by atoms with Crippen molar-refractivity contribution in [2.24, 2.45) is 0 Å². The molecule has 8 nitrogen and oxygen atoms in total. The maximum Gasteiger partial charge on any atom is 0.254 e. The van der Waals surface area contributed by atoms with Crippen LogP contribution in [0.1, 0.15) is 25.0 Å². The molecule has 198 valence electrons. The molecule has 0 aliphatic rings. The van der Waals surface area contributed by atoms with Crippen LogP contribution in [0.25, 0.3) is 11.4 Å². The third kappa shape index (κ3) is 7.30. The maximum atomic E-state index is 12.4. The summed E-state index contributed by atoms with van der Waals surface area (Å²) in [6, 6.07) is 21.3. The molecule has 1 N–H and O–H groups in total. The van der Waals surface area contributed by atoms with Gasteiger partial charge in [-0.2, -0.15) is 0 Å². The summed E-state index contributed by atoms with van der Waals surface area (Å²) in [5, 5.41) is 0. The van der Waals surface area contributed by atoms with E-state index in [0.717, 1.165) is 11.8 Å². The van der Waals surface area contributed by atoms with Gasteiger partial charge in [0.05, 0.1) is 18.1 Å². The number of aromatic amines is 1. The quantitative estimate of drug-likeness (QED) is 0.283. The molecule has 0 amide bonds. The zero-order valence-electron chi connectivity index (χ0n) is 21.5. The predicted molar refractivity (Wildman–Crippen MR) is 145 cm³/mol. The largest absolute Gasteiger partial charge is 0.488 e. The van der Waals surface area contributed by atoms with Gasteiger partial charge in [-0.15, -0.1) is 0 Å². The minimum absolute atomic E-state index is 0.199. The van der Waals surface area contributed by atoms with E-state index in [0.29, 0.717) is 53.8 Å². The third-order valence-corrected chi connectivity index (χ3v) is 6.82. The van der Waals surface area contributed by atoms with Crippen LogP contribution in [0.2, 0.25) is 0 Å². The molecule has 9 heteroatoms. The summed E-state index contributed by atoms with van der Waals surface area (Å²) in [6.07, 6.45) is 3.01. The van der Waals surface area contributed by atoms with Crippen LogP contribution in [0, 0.1) is 0 Å². The lowest BCUT2D eigenvalue weighted by Gasteiger charge is -2.17. The van der Waals surface area contributed by atoms with Crippen molar-refractivity contribution in [1.82, 2.24) is 9.97 Å². The number of rotatable bonds is 11. The Kier molecular flexibility index (Phi) is 8.60. The van der Waals surface area contributed by atoms with Crippen LogP contribution >= 0.6 is 0 Å². The molecule has 0 bridgehead atoms. The lowest BCUT2D eigenvalue weighted by Crippen LogP contribution is -2.19. The zero-order chi connectivity index (χ0) is 27.1. The van der Waals surface area contributed by atoms with Crippen LogP contribution in [0.4, 0.5) is 0 Å². The van der Waals surface area contributed by atoms with E-state index in [4.69, 9.17) is 14.2 Å². The molecular weight excluding hydrogens is 504 g/mol. The highest BCUT2D eigenvalue weighted by Crippen LogP contribution is 2.32. The van der Waals surface area contributed by atoms with Crippen LogP contribution < -0.4 is 15.0 Å². The Bertz CT molecular complexity index is 1530. The lowest BCUT2D eigenvalue weighted by molar-refractivity contribution is 0.0492. The van der Waals surface area contributed by atoms with E-state index >= 15 is 0 Å². The topological polar surface area (TPSA) is 108 Å². The van der Waals surface area contributed by atoms with Gasteiger partial charge >= 0.3 is 0 Å². The fourth-order valence-corrected chi connectivity index (χ4v) is 4.36. The van der Waals surface area contributed by atoms with E-state index in [1.807, 2.05) is 44.2 Å². The molecule has 1 heterocycles. The number of H-pyrrole nitrogens is 1. The number of sulfone groups is 1. The Morgan fingerprint density at radius 2 is 1.66 bits per heavy atom. The highest BCUT2D eigenvalue weighted by atomic mass is 32.2. The highest BCUT2D eigenvalue weighted by Gasteiger charge is 2.13. The van der Waals surface area contributed by atoms with Gasteiger partial charge in [0.2, 0.25) is 0 Å². The maximum absolute atomic E-state index is 12.4. The normalized spacial score (nSPS) is 12.2. The van der Waals surface area contributed by atoms with Gasteiger partial charge in [0.1, 0.15) is 29.2 Å². The van der Waals surface area contributed by atoms with E-state index in [-0.39, 0.29) is 16.6 Å². The van der Waals surface area contributed by atoms with E-state index in [9.17, 15) is 13.2 Å². The van der Waals surface area contributed by atoms with Crippen molar-refractivity contribution >= 4 is 9.84 Å². The Morgan fingerprint density at radius 1 is 0.947 bits per heavy atom. The minimum atomic E-state index is -3.32. The van der Waals surface area contributed by atoms with Crippen molar-refractivity contribution in [3.8, 4) is 28.6 Å². The van der Waals surface area contributed by atoms with E-state index in [1.165, 1.54) is 12.1 Å². The minimum Gasteiger partial charge on any atom is -0.488 e. The number of aromatic nitrogens is 2. The standard InChI is InChI=1S/C29H30N2O6S/c1-4-22-17-30-28(31-29(22)32)23-14-25(36-20(2)18-35-19-21-8-6-5-7-9-21)16-26(15-23)37-24-10-12-27(13-11-24)38(3,33)34/h5-17,20H,4,18-19H2,1-3H3,(H,30,31,32)/t20-/m0/s1. The summed E-state index contributed by atoms with van der Waals surface area (Å²) in [7, 11) is -3.32. The molecule has 3 aromatic carbocycles. The molecule has 0 spiro atoms. The highest BCUT2D eigenvalue weighted by molar-refractivity contribution is 7.90. The number of aryl methyl sites for hydroxylation is 1. The Hall–Kier alpha value is -3.95. The van der Waals surface area contributed by atoms with Gasteiger partial charge in [-0.3, -0.25) is 4.79 Å². The molecule has 0 radical (unpaired) electrons. The third-order valence-electron chi connectivity index (χ3n) is 5.70. The fourth-order valence-electron chi connectivity index (χ4n) is 3.73. The number of ether oxygens (including phenoxy) is 3. The van der Waals surface area contributed by atoms with Gasteiger partial charge in [-0.05, 0) is 55.3 Å². The lowest BCUT2D eigenvalue weighted by atomic mass is 10.1. The fraction of sp³-hybridized carbons (Fsp3) is 0.241. The second kappa shape index (κ2) is 12.1. The second-order valence-corrected chi connectivity index (χ2v) is 10.9. The predicted octanol–water partition coefficient (Wildman–Crippen LogP) is 5.18. The summed E-state index contributed by atoms with van der Waals surface area (Å²) in [6.45, 7) is 4.63. The van der Waals surface area contributed by atoms with E-state index in [1.54, 1.807) is 36.5 Å². The van der Waals surface area contributed by atoms with Crippen molar-refractivity contribution < 1.29 is 22.6 Å². The molecule has 0 unspecified atom stereocenters. The average Bonchev–Trinajstić information content (AvgIpc) is 2.89.